The van der Waals surface area contributed by atoms with E-state index in [4.69, 9.17) is 5.73 Å². The maximum Gasteiger partial charge on any atom is 0.148 e. The summed E-state index contributed by atoms with van der Waals surface area (Å²) in [5, 5.41) is 0. The molecular formula is C14H21FN2. The third kappa shape index (κ3) is 3.11. The van der Waals surface area contributed by atoms with Gasteiger partial charge in [0, 0.05) is 19.3 Å². The van der Waals surface area contributed by atoms with Gasteiger partial charge in [-0.1, -0.05) is 19.3 Å². The summed E-state index contributed by atoms with van der Waals surface area (Å²) in [6.07, 6.45) is 6.56. The monoisotopic (exact) mass is 236 g/mol. The molecule has 0 heterocycles. The Morgan fingerprint density at radius 1 is 1.29 bits per heavy atom. The summed E-state index contributed by atoms with van der Waals surface area (Å²) in [7, 11) is 1.96. The molecule has 1 saturated carbocycles. The fourth-order valence-electron chi connectivity index (χ4n) is 2.69. The van der Waals surface area contributed by atoms with Crippen molar-refractivity contribution in [3.8, 4) is 0 Å². The molecular weight excluding hydrogens is 215 g/mol. The Balaban J connectivity index is 2.00. The summed E-state index contributed by atoms with van der Waals surface area (Å²) in [5.41, 5.74) is 6.69. The molecule has 94 valence electrons. The molecule has 0 aromatic heterocycles. The molecule has 3 heteroatoms. The van der Waals surface area contributed by atoms with Gasteiger partial charge in [0.25, 0.3) is 0 Å². The molecule has 0 unspecified atom stereocenters. The lowest BCUT2D eigenvalue weighted by Crippen LogP contribution is -2.27. The zero-order valence-corrected chi connectivity index (χ0v) is 10.5. The highest BCUT2D eigenvalue weighted by Crippen LogP contribution is 2.27. The molecule has 1 aromatic carbocycles. The van der Waals surface area contributed by atoms with E-state index in [1.807, 2.05) is 11.9 Å². The zero-order valence-electron chi connectivity index (χ0n) is 10.5. The van der Waals surface area contributed by atoms with Gasteiger partial charge in [-0.05, 0) is 37.0 Å². The van der Waals surface area contributed by atoms with Gasteiger partial charge in [0.15, 0.2) is 0 Å². The van der Waals surface area contributed by atoms with Crippen LogP contribution in [-0.4, -0.2) is 13.6 Å². The largest absolute Gasteiger partial charge is 0.399 e. The Morgan fingerprint density at radius 3 is 2.65 bits per heavy atom. The highest BCUT2D eigenvalue weighted by molar-refractivity contribution is 5.54. The van der Waals surface area contributed by atoms with Gasteiger partial charge in [0.1, 0.15) is 5.82 Å². The van der Waals surface area contributed by atoms with Crippen LogP contribution >= 0.6 is 0 Å². The smallest absolute Gasteiger partial charge is 0.148 e. The van der Waals surface area contributed by atoms with Gasteiger partial charge < -0.3 is 10.6 Å². The first-order valence-electron chi connectivity index (χ1n) is 6.43. The third-order valence-electron chi connectivity index (χ3n) is 3.64. The molecule has 0 bridgehead atoms. The van der Waals surface area contributed by atoms with Crippen molar-refractivity contribution in [1.29, 1.82) is 0 Å². The van der Waals surface area contributed by atoms with Crippen molar-refractivity contribution in [2.75, 3.05) is 24.2 Å². The lowest BCUT2D eigenvalue weighted by Gasteiger charge is -2.28. The molecule has 2 rings (SSSR count). The van der Waals surface area contributed by atoms with Crippen molar-refractivity contribution in [3.05, 3.63) is 24.0 Å². The lowest BCUT2D eigenvalue weighted by molar-refractivity contribution is 0.361. The van der Waals surface area contributed by atoms with Gasteiger partial charge in [-0.2, -0.15) is 0 Å². The number of nitrogens with zero attached hydrogens (tertiary/aromatic N) is 1. The zero-order chi connectivity index (χ0) is 12.3. The van der Waals surface area contributed by atoms with Crippen molar-refractivity contribution < 1.29 is 4.39 Å². The van der Waals surface area contributed by atoms with E-state index in [0.29, 0.717) is 17.3 Å². The first-order chi connectivity index (χ1) is 8.16. The Hall–Kier alpha value is -1.25. The van der Waals surface area contributed by atoms with Crippen LogP contribution in [0.5, 0.6) is 0 Å². The molecule has 0 spiro atoms. The van der Waals surface area contributed by atoms with Crippen molar-refractivity contribution in [2.24, 2.45) is 5.92 Å². The Kier molecular flexibility index (Phi) is 3.87. The molecule has 0 atom stereocenters. The molecule has 0 aliphatic heterocycles. The van der Waals surface area contributed by atoms with Gasteiger partial charge in [-0.25, -0.2) is 4.39 Å². The van der Waals surface area contributed by atoms with E-state index in [-0.39, 0.29) is 5.82 Å². The van der Waals surface area contributed by atoms with E-state index in [1.165, 1.54) is 38.2 Å². The fourth-order valence-corrected chi connectivity index (χ4v) is 2.69. The Labute approximate surface area is 103 Å². The van der Waals surface area contributed by atoms with E-state index in [2.05, 4.69) is 0 Å². The van der Waals surface area contributed by atoms with Crippen LogP contribution in [0, 0.1) is 11.7 Å². The molecule has 2 nitrogen and oxygen atoms in total. The number of anilines is 2. The SMILES string of the molecule is CN(CC1CCCCC1)c1ccc(N)cc1F. The minimum atomic E-state index is -0.219. The molecule has 1 aliphatic carbocycles. The van der Waals surface area contributed by atoms with Crippen molar-refractivity contribution >= 4 is 11.4 Å². The fraction of sp³-hybridized carbons (Fsp3) is 0.571. The van der Waals surface area contributed by atoms with Crippen molar-refractivity contribution in [1.82, 2.24) is 0 Å². The second-order valence-electron chi connectivity index (χ2n) is 5.10. The van der Waals surface area contributed by atoms with Crippen molar-refractivity contribution in [3.63, 3.8) is 0 Å². The highest BCUT2D eigenvalue weighted by Gasteiger charge is 2.17. The topological polar surface area (TPSA) is 29.3 Å². The minimum Gasteiger partial charge on any atom is -0.399 e. The average molecular weight is 236 g/mol. The maximum atomic E-state index is 13.7. The Morgan fingerprint density at radius 2 is 2.00 bits per heavy atom. The number of hydrogen-bond acceptors (Lipinski definition) is 2. The predicted molar refractivity (Wildman–Crippen MR) is 70.7 cm³/mol. The molecule has 17 heavy (non-hydrogen) atoms. The van der Waals surface area contributed by atoms with Crippen LogP contribution in [0.25, 0.3) is 0 Å². The minimum absolute atomic E-state index is 0.219. The summed E-state index contributed by atoms with van der Waals surface area (Å²) < 4.78 is 13.7. The van der Waals surface area contributed by atoms with Crippen LogP contribution < -0.4 is 10.6 Å². The summed E-state index contributed by atoms with van der Waals surface area (Å²) in [6.45, 7) is 0.945. The highest BCUT2D eigenvalue weighted by atomic mass is 19.1. The third-order valence-corrected chi connectivity index (χ3v) is 3.64. The van der Waals surface area contributed by atoms with Crippen LogP contribution in [0.2, 0.25) is 0 Å². The molecule has 0 amide bonds. The number of nitrogen functional groups attached to an aromatic ring is 1. The number of halogens is 1. The van der Waals surface area contributed by atoms with E-state index < -0.39 is 0 Å². The molecule has 0 saturated heterocycles. The normalized spacial score (nSPS) is 17.1. The van der Waals surface area contributed by atoms with Crippen LogP contribution in [0.4, 0.5) is 15.8 Å². The van der Waals surface area contributed by atoms with Crippen LogP contribution in [-0.2, 0) is 0 Å². The summed E-state index contributed by atoms with van der Waals surface area (Å²) in [5.74, 6) is 0.494. The number of hydrogen-bond donors (Lipinski definition) is 1. The second-order valence-corrected chi connectivity index (χ2v) is 5.10. The quantitative estimate of drug-likeness (QED) is 0.815. The standard InChI is InChI=1S/C14H21FN2/c1-17(10-11-5-3-2-4-6-11)14-8-7-12(16)9-13(14)15/h7-9,11H,2-6,10,16H2,1H3. The van der Waals surface area contributed by atoms with Gasteiger partial charge in [0.2, 0.25) is 0 Å². The maximum absolute atomic E-state index is 13.7. The van der Waals surface area contributed by atoms with Crippen LogP contribution in [0.15, 0.2) is 18.2 Å². The molecule has 0 radical (unpaired) electrons. The van der Waals surface area contributed by atoms with Crippen molar-refractivity contribution in [2.45, 2.75) is 32.1 Å². The van der Waals surface area contributed by atoms with E-state index in [0.717, 1.165) is 6.54 Å². The first-order valence-corrected chi connectivity index (χ1v) is 6.43. The molecule has 1 aromatic rings. The first kappa shape index (κ1) is 12.2. The van der Waals surface area contributed by atoms with E-state index >= 15 is 0 Å². The Bertz CT molecular complexity index is 372. The number of nitrogens with two attached hydrogens (primary N) is 1. The number of rotatable bonds is 3. The summed E-state index contributed by atoms with van der Waals surface area (Å²) >= 11 is 0. The van der Waals surface area contributed by atoms with Crippen LogP contribution in [0.1, 0.15) is 32.1 Å². The average Bonchev–Trinajstić information content (AvgIpc) is 2.30. The van der Waals surface area contributed by atoms with Crippen LogP contribution in [0.3, 0.4) is 0 Å². The van der Waals surface area contributed by atoms with E-state index in [9.17, 15) is 4.39 Å². The number of benzene rings is 1. The van der Waals surface area contributed by atoms with Gasteiger partial charge in [0.05, 0.1) is 5.69 Å². The molecule has 1 aliphatic rings. The second kappa shape index (κ2) is 5.39. The van der Waals surface area contributed by atoms with E-state index in [1.54, 1.807) is 12.1 Å². The van der Waals surface area contributed by atoms with Gasteiger partial charge in [-0.15, -0.1) is 0 Å². The molecule has 1 fully saturated rings. The van der Waals surface area contributed by atoms with Gasteiger partial charge in [-0.3, -0.25) is 0 Å². The van der Waals surface area contributed by atoms with Gasteiger partial charge >= 0.3 is 0 Å². The lowest BCUT2D eigenvalue weighted by atomic mass is 9.89. The summed E-state index contributed by atoms with van der Waals surface area (Å²) in [6, 6.07) is 4.93. The molecule has 2 N–H and O–H groups in total. The predicted octanol–water partition coefficient (Wildman–Crippen LogP) is 3.42. The summed E-state index contributed by atoms with van der Waals surface area (Å²) in [4.78, 5) is 2.02.